The van der Waals surface area contributed by atoms with Gasteiger partial charge in [0.05, 0.1) is 0 Å². The number of aliphatic hydroxyl groups is 1. The van der Waals surface area contributed by atoms with E-state index in [9.17, 15) is 9.90 Å². The Morgan fingerprint density at radius 1 is 1.19 bits per heavy atom. The Labute approximate surface area is 129 Å². The predicted octanol–water partition coefficient (Wildman–Crippen LogP) is 2.16. The number of nitrogens with one attached hydrogen (secondary N) is 1. The van der Waals surface area contributed by atoms with E-state index in [-0.39, 0.29) is 11.8 Å². The van der Waals surface area contributed by atoms with Crippen LogP contribution in [-0.2, 0) is 4.79 Å². The summed E-state index contributed by atoms with van der Waals surface area (Å²) in [6.07, 6.45) is 8.33. The van der Waals surface area contributed by atoms with Crippen LogP contribution in [-0.4, -0.2) is 47.7 Å². The van der Waals surface area contributed by atoms with Gasteiger partial charge in [0.2, 0.25) is 5.91 Å². The first kappa shape index (κ1) is 16.8. The van der Waals surface area contributed by atoms with Crippen molar-refractivity contribution in [3.63, 3.8) is 0 Å². The minimum absolute atomic E-state index is 0.0142. The van der Waals surface area contributed by atoms with E-state index in [1.54, 1.807) is 0 Å². The monoisotopic (exact) mass is 296 g/mol. The molecule has 1 unspecified atom stereocenters. The number of rotatable bonds is 6. The van der Waals surface area contributed by atoms with E-state index in [1.165, 1.54) is 51.6 Å². The summed E-state index contributed by atoms with van der Waals surface area (Å²) in [5.74, 6) is 0.507. The Kier molecular flexibility index (Phi) is 6.49. The van der Waals surface area contributed by atoms with Gasteiger partial charge in [-0.05, 0) is 57.0 Å². The molecule has 1 saturated heterocycles. The maximum atomic E-state index is 11.7. The first-order valence-corrected chi connectivity index (χ1v) is 8.77. The molecular weight excluding hydrogens is 264 g/mol. The predicted molar refractivity (Wildman–Crippen MR) is 85.0 cm³/mol. The summed E-state index contributed by atoms with van der Waals surface area (Å²) in [4.78, 5) is 14.4. The lowest BCUT2D eigenvalue weighted by atomic mass is 9.92. The lowest BCUT2D eigenvalue weighted by molar-refractivity contribution is -0.131. The second kappa shape index (κ2) is 8.14. The van der Waals surface area contributed by atoms with Gasteiger partial charge in [0.1, 0.15) is 6.10 Å². The van der Waals surface area contributed by atoms with E-state index in [4.69, 9.17) is 0 Å². The fourth-order valence-electron chi connectivity index (χ4n) is 3.68. The summed E-state index contributed by atoms with van der Waals surface area (Å²) in [6.45, 7) is 6.90. The van der Waals surface area contributed by atoms with Gasteiger partial charge in [-0.25, -0.2) is 0 Å². The number of amides is 1. The fraction of sp³-hybridized carbons (Fsp3) is 0.941. The van der Waals surface area contributed by atoms with Crippen molar-refractivity contribution in [3.8, 4) is 0 Å². The molecule has 2 aliphatic rings. The van der Waals surface area contributed by atoms with Gasteiger partial charge in [0.25, 0.3) is 0 Å². The van der Waals surface area contributed by atoms with Gasteiger partial charge in [-0.2, -0.15) is 0 Å². The normalized spacial score (nSPS) is 23.6. The number of likely N-dealkylation sites (tertiary alicyclic amines) is 1. The molecule has 1 amide bonds. The number of carbonyl (C=O) groups is 1. The topological polar surface area (TPSA) is 52.6 Å². The summed E-state index contributed by atoms with van der Waals surface area (Å²) in [7, 11) is 0. The fourth-order valence-corrected chi connectivity index (χ4v) is 3.68. The molecule has 2 N–H and O–H groups in total. The summed E-state index contributed by atoms with van der Waals surface area (Å²) in [5, 5.41) is 12.5. The Morgan fingerprint density at radius 3 is 2.38 bits per heavy atom. The maximum absolute atomic E-state index is 11.7. The second-order valence-electron chi connectivity index (χ2n) is 7.19. The highest BCUT2D eigenvalue weighted by atomic mass is 16.3. The van der Waals surface area contributed by atoms with Crippen molar-refractivity contribution in [3.05, 3.63) is 0 Å². The third-order valence-corrected chi connectivity index (χ3v) is 5.24. The highest BCUT2D eigenvalue weighted by Crippen LogP contribution is 2.28. The SMILES string of the molecule is CC(C)C(O)C(=O)NCCC1CCN(C2CCCC2)CC1. The van der Waals surface area contributed by atoms with Crippen LogP contribution in [0.15, 0.2) is 0 Å². The molecule has 1 aliphatic carbocycles. The van der Waals surface area contributed by atoms with E-state index < -0.39 is 6.10 Å². The minimum atomic E-state index is -0.866. The van der Waals surface area contributed by atoms with Gasteiger partial charge >= 0.3 is 0 Å². The van der Waals surface area contributed by atoms with Crippen LogP contribution in [0.4, 0.5) is 0 Å². The largest absolute Gasteiger partial charge is 0.383 e. The van der Waals surface area contributed by atoms with Crippen LogP contribution in [0.25, 0.3) is 0 Å². The quantitative estimate of drug-likeness (QED) is 0.790. The lowest BCUT2D eigenvalue weighted by Gasteiger charge is -2.36. The molecule has 0 bridgehead atoms. The zero-order valence-corrected chi connectivity index (χ0v) is 13.7. The number of nitrogens with zero attached hydrogens (tertiary/aromatic N) is 1. The Bertz CT molecular complexity index is 319. The van der Waals surface area contributed by atoms with Crippen LogP contribution in [0.5, 0.6) is 0 Å². The number of hydrogen-bond donors (Lipinski definition) is 2. The Morgan fingerprint density at radius 2 is 1.81 bits per heavy atom. The molecule has 0 radical (unpaired) electrons. The van der Waals surface area contributed by atoms with Gasteiger partial charge in [-0.15, -0.1) is 0 Å². The zero-order chi connectivity index (χ0) is 15.2. The molecule has 4 nitrogen and oxygen atoms in total. The maximum Gasteiger partial charge on any atom is 0.249 e. The lowest BCUT2D eigenvalue weighted by Crippen LogP contribution is -2.41. The number of piperidine rings is 1. The van der Waals surface area contributed by atoms with E-state index in [2.05, 4.69) is 10.2 Å². The molecule has 0 spiro atoms. The van der Waals surface area contributed by atoms with Crippen LogP contribution in [0.3, 0.4) is 0 Å². The molecule has 2 rings (SSSR count). The number of carbonyl (C=O) groups excluding carboxylic acids is 1. The second-order valence-corrected chi connectivity index (χ2v) is 7.19. The molecule has 21 heavy (non-hydrogen) atoms. The van der Waals surface area contributed by atoms with Crippen LogP contribution < -0.4 is 5.32 Å². The standard InChI is InChI=1S/C17H32N2O2/c1-13(2)16(20)17(21)18-10-7-14-8-11-19(12-9-14)15-5-3-4-6-15/h13-16,20H,3-12H2,1-2H3,(H,18,21). The molecule has 2 fully saturated rings. The highest BCUT2D eigenvalue weighted by Gasteiger charge is 2.27. The van der Waals surface area contributed by atoms with E-state index in [0.717, 1.165) is 18.4 Å². The van der Waals surface area contributed by atoms with Crippen molar-refractivity contribution in [2.24, 2.45) is 11.8 Å². The molecule has 1 heterocycles. The molecule has 1 atom stereocenters. The summed E-state index contributed by atoms with van der Waals surface area (Å²) in [5.41, 5.74) is 0. The minimum Gasteiger partial charge on any atom is -0.383 e. The van der Waals surface area contributed by atoms with Gasteiger partial charge in [0, 0.05) is 12.6 Å². The van der Waals surface area contributed by atoms with Crippen LogP contribution in [0.2, 0.25) is 0 Å². The highest BCUT2D eigenvalue weighted by molar-refractivity contribution is 5.80. The molecule has 4 heteroatoms. The number of aliphatic hydroxyl groups excluding tert-OH is 1. The molecule has 0 aromatic heterocycles. The van der Waals surface area contributed by atoms with Gasteiger partial charge in [-0.1, -0.05) is 26.7 Å². The van der Waals surface area contributed by atoms with Crippen LogP contribution >= 0.6 is 0 Å². The molecule has 0 aromatic carbocycles. The van der Waals surface area contributed by atoms with Crippen molar-refractivity contribution in [1.82, 2.24) is 10.2 Å². The van der Waals surface area contributed by atoms with Crippen molar-refractivity contribution >= 4 is 5.91 Å². The summed E-state index contributed by atoms with van der Waals surface area (Å²) in [6, 6.07) is 0.854. The van der Waals surface area contributed by atoms with Crippen LogP contribution in [0.1, 0.15) is 58.8 Å². The Hall–Kier alpha value is -0.610. The van der Waals surface area contributed by atoms with Crippen molar-refractivity contribution in [2.75, 3.05) is 19.6 Å². The Balaban J connectivity index is 1.59. The summed E-state index contributed by atoms with van der Waals surface area (Å²) >= 11 is 0. The average Bonchev–Trinajstić information content (AvgIpc) is 3.01. The van der Waals surface area contributed by atoms with E-state index in [0.29, 0.717) is 6.54 Å². The van der Waals surface area contributed by atoms with Gasteiger partial charge < -0.3 is 15.3 Å². The number of hydrogen-bond acceptors (Lipinski definition) is 3. The smallest absolute Gasteiger partial charge is 0.249 e. The average molecular weight is 296 g/mol. The first-order valence-electron chi connectivity index (χ1n) is 8.77. The zero-order valence-electron chi connectivity index (χ0n) is 13.7. The van der Waals surface area contributed by atoms with Gasteiger partial charge in [-0.3, -0.25) is 4.79 Å². The third kappa shape index (κ3) is 4.96. The van der Waals surface area contributed by atoms with Crippen molar-refractivity contribution < 1.29 is 9.90 Å². The molecule has 122 valence electrons. The summed E-state index contributed by atoms with van der Waals surface area (Å²) < 4.78 is 0. The van der Waals surface area contributed by atoms with Crippen molar-refractivity contribution in [1.29, 1.82) is 0 Å². The molecule has 0 aromatic rings. The molecule has 1 saturated carbocycles. The van der Waals surface area contributed by atoms with Crippen LogP contribution in [0, 0.1) is 11.8 Å². The molecular formula is C17H32N2O2. The molecule has 1 aliphatic heterocycles. The van der Waals surface area contributed by atoms with E-state index >= 15 is 0 Å². The van der Waals surface area contributed by atoms with Gasteiger partial charge in [0.15, 0.2) is 0 Å². The van der Waals surface area contributed by atoms with E-state index in [1.807, 2.05) is 13.8 Å². The van der Waals surface area contributed by atoms with Crippen molar-refractivity contribution in [2.45, 2.75) is 70.9 Å². The first-order chi connectivity index (χ1) is 10.1. The third-order valence-electron chi connectivity index (χ3n) is 5.24.